The Bertz CT molecular complexity index is 1170. The van der Waals surface area contributed by atoms with Crippen molar-refractivity contribution in [2.75, 3.05) is 19.6 Å². The molecule has 0 bridgehead atoms. The molecule has 2 fully saturated rings. The summed E-state index contributed by atoms with van der Waals surface area (Å²) in [5, 5.41) is 0. The Morgan fingerprint density at radius 1 is 0.972 bits per heavy atom. The average Bonchev–Trinajstić information content (AvgIpc) is 3.48. The van der Waals surface area contributed by atoms with Gasteiger partial charge in [-0.3, -0.25) is 9.69 Å². The number of rotatable bonds is 7. The number of benzene rings is 2. The summed E-state index contributed by atoms with van der Waals surface area (Å²) in [6.07, 6.45) is 5.65. The Labute approximate surface area is 214 Å². The fourth-order valence-electron chi connectivity index (χ4n) is 6.22. The van der Waals surface area contributed by atoms with Gasteiger partial charge < -0.3 is 9.32 Å². The van der Waals surface area contributed by atoms with Crippen LogP contribution in [0, 0.1) is 25.6 Å². The first-order valence-electron chi connectivity index (χ1n) is 13.4. The van der Waals surface area contributed by atoms with Crippen molar-refractivity contribution >= 4 is 5.91 Å². The molecule has 1 saturated carbocycles. The Kier molecular flexibility index (Phi) is 7.56. The first-order chi connectivity index (χ1) is 17.5. The van der Waals surface area contributed by atoms with Crippen LogP contribution in [-0.4, -0.2) is 41.4 Å². The van der Waals surface area contributed by atoms with Crippen LogP contribution in [0.4, 0.5) is 4.39 Å². The molecule has 1 aromatic heterocycles. The molecule has 2 aliphatic rings. The number of likely N-dealkylation sites (tertiary alicyclic amines) is 1. The van der Waals surface area contributed by atoms with E-state index in [0.717, 1.165) is 56.8 Å². The molecule has 190 valence electrons. The van der Waals surface area contributed by atoms with E-state index in [1.54, 1.807) is 12.1 Å². The Morgan fingerprint density at radius 2 is 1.72 bits per heavy atom. The van der Waals surface area contributed by atoms with Gasteiger partial charge >= 0.3 is 0 Å². The average molecular weight is 489 g/mol. The predicted molar refractivity (Wildman–Crippen MR) is 140 cm³/mol. The zero-order valence-electron chi connectivity index (χ0n) is 21.5. The van der Waals surface area contributed by atoms with E-state index >= 15 is 0 Å². The highest BCUT2D eigenvalue weighted by Gasteiger charge is 2.38. The van der Waals surface area contributed by atoms with E-state index in [1.165, 1.54) is 29.7 Å². The van der Waals surface area contributed by atoms with Crippen LogP contribution < -0.4 is 0 Å². The molecule has 2 atom stereocenters. The number of furan rings is 1. The van der Waals surface area contributed by atoms with Crippen LogP contribution in [0.1, 0.15) is 71.0 Å². The monoisotopic (exact) mass is 488 g/mol. The molecule has 36 heavy (non-hydrogen) atoms. The number of halogens is 1. The van der Waals surface area contributed by atoms with Gasteiger partial charge in [0.15, 0.2) is 0 Å². The normalized spacial score (nSPS) is 21.1. The molecule has 5 heteroatoms. The molecule has 2 heterocycles. The van der Waals surface area contributed by atoms with Crippen molar-refractivity contribution in [3.8, 4) is 0 Å². The molecule has 0 N–H and O–H groups in total. The van der Waals surface area contributed by atoms with E-state index < -0.39 is 0 Å². The quantitative estimate of drug-likeness (QED) is 0.370. The van der Waals surface area contributed by atoms with Crippen molar-refractivity contribution in [2.45, 2.75) is 64.5 Å². The van der Waals surface area contributed by atoms with Crippen molar-refractivity contribution in [1.29, 1.82) is 0 Å². The van der Waals surface area contributed by atoms with E-state index in [0.29, 0.717) is 23.9 Å². The Balaban J connectivity index is 1.43. The molecule has 4 nitrogen and oxygen atoms in total. The molecular formula is C31H37FN2O2. The van der Waals surface area contributed by atoms with E-state index in [4.69, 9.17) is 4.42 Å². The zero-order valence-corrected chi connectivity index (χ0v) is 21.5. The molecule has 3 aromatic rings. The fourth-order valence-corrected chi connectivity index (χ4v) is 6.22. The second-order valence-electron chi connectivity index (χ2n) is 10.7. The predicted octanol–water partition coefficient (Wildman–Crippen LogP) is 6.73. The minimum absolute atomic E-state index is 0.0329. The van der Waals surface area contributed by atoms with Gasteiger partial charge in [0.25, 0.3) is 5.91 Å². The summed E-state index contributed by atoms with van der Waals surface area (Å²) in [7, 11) is 0. The summed E-state index contributed by atoms with van der Waals surface area (Å²) in [5.74, 6) is 2.30. The Morgan fingerprint density at radius 3 is 2.42 bits per heavy atom. The van der Waals surface area contributed by atoms with Gasteiger partial charge in [-0.15, -0.1) is 0 Å². The van der Waals surface area contributed by atoms with Crippen LogP contribution in [0.2, 0.25) is 0 Å². The second-order valence-corrected chi connectivity index (χ2v) is 10.7. The molecule has 0 spiro atoms. The van der Waals surface area contributed by atoms with Crippen LogP contribution in [0.3, 0.4) is 0 Å². The molecule has 1 saturated heterocycles. The minimum atomic E-state index is -0.310. The topological polar surface area (TPSA) is 36.7 Å². The van der Waals surface area contributed by atoms with Gasteiger partial charge in [0.1, 0.15) is 17.3 Å². The summed E-state index contributed by atoms with van der Waals surface area (Å²) in [6.45, 7) is 7.52. The summed E-state index contributed by atoms with van der Waals surface area (Å²) in [6, 6.07) is 19.0. The molecule has 1 amide bonds. The second kappa shape index (κ2) is 11.0. The number of nitrogens with zero attached hydrogens (tertiary/aromatic N) is 2. The molecular weight excluding hydrogens is 451 g/mol. The van der Waals surface area contributed by atoms with E-state index in [2.05, 4.69) is 47.1 Å². The number of carbonyl (C=O) groups is 1. The molecule has 2 aromatic carbocycles. The lowest BCUT2D eigenvalue weighted by Crippen LogP contribution is -2.45. The minimum Gasteiger partial charge on any atom is -0.465 e. The van der Waals surface area contributed by atoms with E-state index in [9.17, 15) is 9.18 Å². The van der Waals surface area contributed by atoms with Crippen molar-refractivity contribution in [1.82, 2.24) is 9.80 Å². The third-order valence-corrected chi connectivity index (χ3v) is 8.08. The van der Waals surface area contributed by atoms with Gasteiger partial charge in [0, 0.05) is 37.2 Å². The first-order valence-corrected chi connectivity index (χ1v) is 13.4. The summed E-state index contributed by atoms with van der Waals surface area (Å²) >= 11 is 0. The third kappa shape index (κ3) is 5.57. The number of hydrogen-bond donors (Lipinski definition) is 0. The lowest BCUT2D eigenvalue weighted by atomic mass is 9.85. The van der Waals surface area contributed by atoms with Gasteiger partial charge in [-0.25, -0.2) is 4.39 Å². The van der Waals surface area contributed by atoms with Crippen molar-refractivity contribution in [3.63, 3.8) is 0 Å². The van der Waals surface area contributed by atoms with Crippen LogP contribution in [0.5, 0.6) is 0 Å². The smallest absolute Gasteiger partial charge is 0.254 e. The maximum Gasteiger partial charge on any atom is 0.254 e. The van der Waals surface area contributed by atoms with E-state index in [1.807, 2.05) is 13.0 Å². The fraction of sp³-hybridized carbons (Fsp3) is 0.452. The van der Waals surface area contributed by atoms with Crippen LogP contribution in [-0.2, 0) is 6.54 Å². The molecule has 1 aliphatic heterocycles. The largest absolute Gasteiger partial charge is 0.465 e. The van der Waals surface area contributed by atoms with Crippen molar-refractivity contribution < 1.29 is 13.6 Å². The molecule has 5 rings (SSSR count). The maximum atomic E-state index is 13.8. The summed E-state index contributed by atoms with van der Waals surface area (Å²) < 4.78 is 19.5. The number of hydrogen-bond acceptors (Lipinski definition) is 3. The van der Waals surface area contributed by atoms with Gasteiger partial charge in [-0.2, -0.15) is 0 Å². The number of amides is 1. The lowest BCUT2D eigenvalue weighted by molar-refractivity contribution is 0.0587. The highest BCUT2D eigenvalue weighted by Crippen LogP contribution is 2.37. The van der Waals surface area contributed by atoms with Crippen LogP contribution >= 0.6 is 0 Å². The summed E-state index contributed by atoms with van der Waals surface area (Å²) in [4.78, 5) is 18.4. The highest BCUT2D eigenvalue weighted by molar-refractivity contribution is 5.94. The molecule has 0 radical (unpaired) electrons. The highest BCUT2D eigenvalue weighted by atomic mass is 19.1. The third-order valence-electron chi connectivity index (χ3n) is 8.08. The maximum absolute atomic E-state index is 13.8. The Hall–Kier alpha value is -2.92. The van der Waals surface area contributed by atoms with Crippen molar-refractivity contribution in [3.05, 3.63) is 94.7 Å². The molecule has 1 aliphatic carbocycles. The van der Waals surface area contributed by atoms with Gasteiger partial charge in [-0.05, 0) is 80.1 Å². The number of aryl methyl sites for hydroxylation is 2. The number of carbonyl (C=O) groups excluding carboxylic acids is 1. The van der Waals surface area contributed by atoms with Gasteiger partial charge in [0.2, 0.25) is 0 Å². The molecule has 0 unspecified atom stereocenters. The standard InChI is InChI=1S/C31H37FN2O2/c1-22-8-6-7-11-29(22)30-21-33(20-28-17-12-23(2)36-28)18-25(30)19-34(27-9-4-3-5-10-27)31(35)24-13-15-26(32)16-14-24/h6-8,11-17,25,27,30H,3-5,9-10,18-21H2,1-2H3/t25-,30-/m0/s1. The van der Waals surface area contributed by atoms with Crippen LogP contribution in [0.15, 0.2) is 65.1 Å². The van der Waals surface area contributed by atoms with Gasteiger partial charge in [-0.1, -0.05) is 43.5 Å². The first kappa shape index (κ1) is 24.8. The van der Waals surface area contributed by atoms with E-state index in [-0.39, 0.29) is 17.8 Å². The summed E-state index contributed by atoms with van der Waals surface area (Å²) in [5.41, 5.74) is 3.26. The van der Waals surface area contributed by atoms with Crippen LogP contribution in [0.25, 0.3) is 0 Å². The van der Waals surface area contributed by atoms with Gasteiger partial charge in [0.05, 0.1) is 6.54 Å². The zero-order chi connectivity index (χ0) is 25.1. The lowest BCUT2D eigenvalue weighted by Gasteiger charge is -2.37. The SMILES string of the molecule is Cc1ccc(CN2C[C@@H](CN(C(=O)c3ccc(F)cc3)C3CCCCC3)[C@@H](c3ccccc3C)C2)o1. The van der Waals surface area contributed by atoms with Crippen molar-refractivity contribution in [2.24, 2.45) is 5.92 Å².